The van der Waals surface area contributed by atoms with Gasteiger partial charge in [0.1, 0.15) is 0 Å². The molecule has 0 spiro atoms. The highest BCUT2D eigenvalue weighted by Crippen LogP contribution is 2.20. The predicted octanol–water partition coefficient (Wildman–Crippen LogP) is 3.86. The van der Waals surface area contributed by atoms with Gasteiger partial charge in [-0.2, -0.15) is 0 Å². The van der Waals surface area contributed by atoms with Gasteiger partial charge < -0.3 is 10.1 Å². The van der Waals surface area contributed by atoms with E-state index in [9.17, 15) is 19.7 Å². The fraction of sp³-hybridized carbons (Fsp3) is 0.143. The van der Waals surface area contributed by atoms with Crippen LogP contribution >= 0.6 is 0 Å². The minimum atomic E-state index is -1.04. The van der Waals surface area contributed by atoms with Crippen LogP contribution in [0.15, 0.2) is 66.7 Å². The molecule has 0 aliphatic rings. The number of nitrogens with one attached hydrogen (secondary N) is 1. The number of anilines is 1. The number of para-hydroxylation sites is 1. The second-order valence-corrected chi connectivity index (χ2v) is 6.25. The number of esters is 1. The van der Waals surface area contributed by atoms with Crippen LogP contribution in [0.3, 0.4) is 0 Å². The van der Waals surface area contributed by atoms with Crippen LogP contribution in [0.1, 0.15) is 12.5 Å². The lowest BCUT2D eigenvalue weighted by Crippen LogP contribution is -2.30. The zero-order valence-corrected chi connectivity index (χ0v) is 15.1. The van der Waals surface area contributed by atoms with Gasteiger partial charge >= 0.3 is 5.97 Å². The lowest BCUT2D eigenvalue weighted by atomic mass is 10.1. The van der Waals surface area contributed by atoms with Gasteiger partial charge in [-0.1, -0.05) is 48.5 Å². The standard InChI is InChI=1S/C21H18N2O5/c1-14(28-20(24)13-17-8-4-5-9-19(17)23(26)27)21(25)22-18-11-10-15-6-2-3-7-16(15)12-18/h2-12,14H,13H2,1H3,(H,22,25)/t14-/m1/s1. The summed E-state index contributed by atoms with van der Waals surface area (Å²) in [6.45, 7) is 1.45. The number of rotatable bonds is 6. The molecule has 1 N–H and O–H groups in total. The van der Waals surface area contributed by atoms with Crippen LogP contribution in [0.25, 0.3) is 10.8 Å². The Morgan fingerprint density at radius 2 is 1.71 bits per heavy atom. The molecule has 7 nitrogen and oxygen atoms in total. The first kappa shape index (κ1) is 19.0. The molecule has 7 heteroatoms. The van der Waals surface area contributed by atoms with Crippen molar-refractivity contribution in [2.75, 3.05) is 5.32 Å². The van der Waals surface area contributed by atoms with Gasteiger partial charge in [0.2, 0.25) is 0 Å². The van der Waals surface area contributed by atoms with E-state index in [1.807, 2.05) is 36.4 Å². The maximum absolute atomic E-state index is 12.3. The lowest BCUT2D eigenvalue weighted by molar-refractivity contribution is -0.385. The molecule has 0 aliphatic carbocycles. The molecule has 0 heterocycles. The number of ether oxygens (including phenoxy) is 1. The number of nitro benzene ring substituents is 1. The first-order valence-corrected chi connectivity index (χ1v) is 8.65. The first-order chi connectivity index (χ1) is 13.4. The van der Waals surface area contributed by atoms with Crippen molar-refractivity contribution >= 4 is 34.0 Å². The molecule has 3 aromatic carbocycles. The first-order valence-electron chi connectivity index (χ1n) is 8.65. The van der Waals surface area contributed by atoms with Crippen LogP contribution < -0.4 is 5.32 Å². The number of hydrogen-bond acceptors (Lipinski definition) is 5. The average Bonchev–Trinajstić information content (AvgIpc) is 2.68. The van der Waals surface area contributed by atoms with Gasteiger partial charge in [0.25, 0.3) is 11.6 Å². The largest absolute Gasteiger partial charge is 0.452 e. The molecule has 0 saturated carbocycles. The Bertz CT molecular complexity index is 1050. The number of nitrogens with zero attached hydrogens (tertiary/aromatic N) is 1. The second kappa shape index (κ2) is 8.30. The molecule has 0 saturated heterocycles. The summed E-state index contributed by atoms with van der Waals surface area (Å²) < 4.78 is 5.14. The second-order valence-electron chi connectivity index (χ2n) is 6.25. The summed E-state index contributed by atoms with van der Waals surface area (Å²) in [5.41, 5.74) is 0.664. The number of benzene rings is 3. The molecule has 28 heavy (non-hydrogen) atoms. The normalized spacial score (nSPS) is 11.6. The van der Waals surface area contributed by atoms with Crippen LogP contribution in [0.2, 0.25) is 0 Å². The number of carbonyl (C=O) groups is 2. The van der Waals surface area contributed by atoms with Gasteiger partial charge in [-0.15, -0.1) is 0 Å². The van der Waals surface area contributed by atoms with Crippen LogP contribution in [0.4, 0.5) is 11.4 Å². The molecule has 142 valence electrons. The Kier molecular flexibility index (Phi) is 5.64. The van der Waals surface area contributed by atoms with Crippen molar-refractivity contribution in [3.63, 3.8) is 0 Å². The van der Waals surface area contributed by atoms with Gasteiger partial charge in [0, 0.05) is 17.3 Å². The van der Waals surface area contributed by atoms with Crippen molar-refractivity contribution in [1.82, 2.24) is 0 Å². The topological polar surface area (TPSA) is 98.5 Å². The predicted molar refractivity (Wildman–Crippen MR) is 105 cm³/mol. The van der Waals surface area contributed by atoms with Crippen molar-refractivity contribution in [2.24, 2.45) is 0 Å². The van der Waals surface area contributed by atoms with E-state index in [0.29, 0.717) is 5.69 Å². The van der Waals surface area contributed by atoms with E-state index in [-0.39, 0.29) is 17.7 Å². The summed E-state index contributed by atoms with van der Waals surface area (Å²) in [6.07, 6.45) is -1.33. The maximum atomic E-state index is 12.3. The molecule has 3 aromatic rings. The number of hydrogen-bond donors (Lipinski definition) is 1. The molecule has 0 radical (unpaired) electrons. The number of fused-ring (bicyclic) bond motifs is 1. The molecule has 3 rings (SSSR count). The van der Waals surface area contributed by atoms with Gasteiger partial charge in [0.15, 0.2) is 6.10 Å². The van der Waals surface area contributed by atoms with Crippen molar-refractivity contribution in [3.05, 3.63) is 82.4 Å². The third-order valence-corrected chi connectivity index (χ3v) is 4.22. The van der Waals surface area contributed by atoms with Crippen LogP contribution in [-0.4, -0.2) is 22.9 Å². The van der Waals surface area contributed by atoms with Crippen molar-refractivity contribution in [1.29, 1.82) is 0 Å². The molecule has 0 fully saturated rings. The summed E-state index contributed by atoms with van der Waals surface area (Å²) in [4.78, 5) is 34.9. The number of amides is 1. The Hall–Kier alpha value is -3.74. The third-order valence-electron chi connectivity index (χ3n) is 4.22. The highest BCUT2D eigenvalue weighted by Gasteiger charge is 2.21. The lowest BCUT2D eigenvalue weighted by Gasteiger charge is -2.14. The summed E-state index contributed by atoms with van der Waals surface area (Å²) >= 11 is 0. The van der Waals surface area contributed by atoms with Gasteiger partial charge in [-0.05, 0) is 29.8 Å². The van der Waals surface area contributed by atoms with E-state index in [0.717, 1.165) is 10.8 Å². The van der Waals surface area contributed by atoms with Crippen LogP contribution in [0.5, 0.6) is 0 Å². The Balaban J connectivity index is 1.62. The Morgan fingerprint density at radius 3 is 2.46 bits per heavy atom. The zero-order chi connectivity index (χ0) is 20.1. The average molecular weight is 378 g/mol. The molecule has 0 bridgehead atoms. The molecular formula is C21H18N2O5. The maximum Gasteiger partial charge on any atom is 0.311 e. The van der Waals surface area contributed by atoms with E-state index in [1.165, 1.54) is 25.1 Å². The fourth-order valence-corrected chi connectivity index (χ4v) is 2.80. The Labute approximate surface area is 161 Å². The van der Waals surface area contributed by atoms with Crippen molar-refractivity contribution in [2.45, 2.75) is 19.4 Å². The summed E-state index contributed by atoms with van der Waals surface area (Å²) in [5, 5.41) is 15.7. The van der Waals surface area contributed by atoms with E-state index in [2.05, 4.69) is 5.32 Å². The SMILES string of the molecule is C[C@@H](OC(=O)Cc1ccccc1[N+](=O)[O-])C(=O)Nc1ccc2ccccc2c1. The zero-order valence-electron chi connectivity index (χ0n) is 15.1. The Morgan fingerprint density at radius 1 is 1.04 bits per heavy atom. The van der Waals surface area contributed by atoms with Crippen molar-refractivity contribution in [3.8, 4) is 0 Å². The molecule has 1 amide bonds. The van der Waals surface area contributed by atoms with E-state index >= 15 is 0 Å². The number of carbonyl (C=O) groups excluding carboxylic acids is 2. The van der Waals surface area contributed by atoms with Crippen LogP contribution in [-0.2, 0) is 20.7 Å². The molecule has 0 aromatic heterocycles. The number of nitro groups is 1. The minimum absolute atomic E-state index is 0.160. The van der Waals surface area contributed by atoms with E-state index in [1.54, 1.807) is 12.1 Å². The van der Waals surface area contributed by atoms with Crippen LogP contribution in [0, 0.1) is 10.1 Å². The van der Waals surface area contributed by atoms with Crippen molar-refractivity contribution < 1.29 is 19.2 Å². The monoisotopic (exact) mass is 378 g/mol. The van der Waals surface area contributed by atoms with E-state index in [4.69, 9.17) is 4.74 Å². The smallest absolute Gasteiger partial charge is 0.311 e. The van der Waals surface area contributed by atoms with Gasteiger partial charge in [-0.3, -0.25) is 19.7 Å². The summed E-state index contributed by atoms with van der Waals surface area (Å²) in [7, 11) is 0. The highest BCUT2D eigenvalue weighted by molar-refractivity contribution is 5.97. The third kappa shape index (κ3) is 4.50. The van der Waals surface area contributed by atoms with Gasteiger partial charge in [0.05, 0.1) is 11.3 Å². The summed E-state index contributed by atoms with van der Waals surface area (Å²) in [5.74, 6) is -1.19. The summed E-state index contributed by atoms with van der Waals surface area (Å²) in [6, 6.07) is 19.1. The molecule has 0 unspecified atom stereocenters. The fourth-order valence-electron chi connectivity index (χ4n) is 2.80. The van der Waals surface area contributed by atoms with Gasteiger partial charge in [-0.25, -0.2) is 0 Å². The molecule has 0 aliphatic heterocycles. The highest BCUT2D eigenvalue weighted by atomic mass is 16.6. The minimum Gasteiger partial charge on any atom is -0.452 e. The quantitative estimate of drug-likeness (QED) is 0.399. The molecule has 1 atom stereocenters. The molecular weight excluding hydrogens is 360 g/mol. The van der Waals surface area contributed by atoms with E-state index < -0.39 is 22.9 Å².